The summed E-state index contributed by atoms with van der Waals surface area (Å²) in [6.45, 7) is 3.64. The predicted octanol–water partition coefficient (Wildman–Crippen LogP) is 3.31. The Hall–Kier alpha value is -1.62. The molecule has 1 N–H and O–H groups in total. The van der Waals surface area contributed by atoms with Crippen molar-refractivity contribution in [1.82, 2.24) is 5.16 Å². The topological polar surface area (TPSA) is 55.1 Å². The molecule has 0 atom stereocenters. The zero-order chi connectivity index (χ0) is 12.4. The Morgan fingerprint density at radius 3 is 2.76 bits per heavy atom. The van der Waals surface area contributed by atoms with Crippen molar-refractivity contribution in [3.8, 4) is 0 Å². The summed E-state index contributed by atoms with van der Waals surface area (Å²) in [5.41, 5.74) is 2.22. The molecule has 0 saturated carbocycles. The molecule has 0 aliphatic heterocycles. The average Bonchev–Trinajstić information content (AvgIpc) is 2.68. The number of aromatic nitrogens is 1. The highest BCUT2D eigenvalue weighted by Gasteiger charge is 2.13. The summed E-state index contributed by atoms with van der Waals surface area (Å²) in [5, 5.41) is 6.40. The molecule has 4 nitrogen and oxygen atoms in total. The Bertz CT molecular complexity index is 563. The molecule has 0 saturated heterocycles. The first-order valence-corrected chi connectivity index (χ1v) is 5.86. The van der Waals surface area contributed by atoms with Gasteiger partial charge in [-0.1, -0.05) is 21.1 Å². The van der Waals surface area contributed by atoms with E-state index < -0.39 is 0 Å². The normalized spacial score (nSPS) is 10.3. The summed E-state index contributed by atoms with van der Waals surface area (Å²) in [6.07, 6.45) is 1.42. The lowest BCUT2D eigenvalue weighted by atomic mass is 10.2. The molecule has 0 bridgehead atoms. The van der Waals surface area contributed by atoms with Crippen molar-refractivity contribution in [2.24, 2.45) is 0 Å². The molecule has 17 heavy (non-hydrogen) atoms. The number of amides is 1. The van der Waals surface area contributed by atoms with Gasteiger partial charge in [0.05, 0.1) is 6.20 Å². The molecule has 0 aliphatic rings. The van der Waals surface area contributed by atoms with Gasteiger partial charge in [0.1, 0.15) is 11.3 Å². The first-order chi connectivity index (χ1) is 8.08. The second kappa shape index (κ2) is 4.71. The summed E-state index contributed by atoms with van der Waals surface area (Å²) in [7, 11) is 0. The van der Waals surface area contributed by atoms with E-state index in [2.05, 4.69) is 26.4 Å². The summed E-state index contributed by atoms with van der Waals surface area (Å²) in [6, 6.07) is 5.67. The van der Waals surface area contributed by atoms with E-state index in [9.17, 15) is 4.79 Å². The number of halogens is 1. The molecule has 0 spiro atoms. The molecule has 1 aromatic heterocycles. The lowest BCUT2D eigenvalue weighted by Crippen LogP contribution is -2.12. The number of nitrogens with zero attached hydrogens (tertiary/aromatic N) is 1. The molecule has 0 radical (unpaired) electrons. The fourth-order valence-electron chi connectivity index (χ4n) is 1.47. The highest BCUT2D eigenvalue weighted by Crippen LogP contribution is 2.21. The molecule has 1 heterocycles. The minimum atomic E-state index is -0.214. The fraction of sp³-hybridized carbons (Fsp3) is 0.167. The molecule has 2 aromatic rings. The Morgan fingerprint density at radius 2 is 2.18 bits per heavy atom. The van der Waals surface area contributed by atoms with Gasteiger partial charge in [0.2, 0.25) is 0 Å². The zero-order valence-electron chi connectivity index (χ0n) is 9.45. The van der Waals surface area contributed by atoms with Crippen LogP contribution in [0.25, 0.3) is 0 Å². The molecule has 1 amide bonds. The Labute approximate surface area is 107 Å². The maximum atomic E-state index is 11.9. The van der Waals surface area contributed by atoms with Crippen molar-refractivity contribution < 1.29 is 9.32 Å². The van der Waals surface area contributed by atoms with Gasteiger partial charge < -0.3 is 9.84 Å². The minimum absolute atomic E-state index is 0.214. The molecule has 2 rings (SSSR count). The van der Waals surface area contributed by atoms with E-state index >= 15 is 0 Å². The first-order valence-electron chi connectivity index (χ1n) is 5.06. The third-order valence-electron chi connectivity index (χ3n) is 2.43. The third kappa shape index (κ3) is 2.55. The van der Waals surface area contributed by atoms with E-state index in [0.29, 0.717) is 11.3 Å². The lowest BCUT2D eigenvalue weighted by Gasteiger charge is -2.07. The highest BCUT2D eigenvalue weighted by molar-refractivity contribution is 9.10. The van der Waals surface area contributed by atoms with Crippen molar-refractivity contribution in [3.05, 3.63) is 45.8 Å². The van der Waals surface area contributed by atoms with Gasteiger partial charge >= 0.3 is 0 Å². The second-order valence-corrected chi connectivity index (χ2v) is 4.62. The van der Waals surface area contributed by atoms with E-state index in [1.54, 1.807) is 6.92 Å². The van der Waals surface area contributed by atoms with E-state index in [1.165, 1.54) is 6.20 Å². The van der Waals surface area contributed by atoms with Crippen LogP contribution in [0.15, 0.2) is 33.4 Å². The SMILES string of the molecule is Cc1cc(Br)ccc1NC(=O)c1cnoc1C. The van der Waals surface area contributed by atoms with Gasteiger partial charge in [-0.25, -0.2) is 0 Å². The number of aryl methyl sites for hydroxylation is 2. The fourth-order valence-corrected chi connectivity index (χ4v) is 1.95. The van der Waals surface area contributed by atoms with Crippen LogP contribution in [0.5, 0.6) is 0 Å². The maximum absolute atomic E-state index is 11.9. The number of hydrogen-bond acceptors (Lipinski definition) is 3. The van der Waals surface area contributed by atoms with Crippen LogP contribution in [-0.4, -0.2) is 11.1 Å². The van der Waals surface area contributed by atoms with Gasteiger partial charge in [0, 0.05) is 10.2 Å². The number of benzene rings is 1. The Morgan fingerprint density at radius 1 is 1.41 bits per heavy atom. The smallest absolute Gasteiger partial charge is 0.260 e. The van der Waals surface area contributed by atoms with Crippen LogP contribution < -0.4 is 5.32 Å². The molecule has 0 fully saturated rings. The van der Waals surface area contributed by atoms with Gasteiger partial charge in [-0.2, -0.15) is 0 Å². The number of carbonyl (C=O) groups is 1. The highest BCUT2D eigenvalue weighted by atomic mass is 79.9. The van der Waals surface area contributed by atoms with E-state index in [1.807, 2.05) is 25.1 Å². The number of carbonyl (C=O) groups excluding carboxylic acids is 1. The van der Waals surface area contributed by atoms with Gasteiger partial charge in [-0.3, -0.25) is 4.79 Å². The van der Waals surface area contributed by atoms with Crippen molar-refractivity contribution >= 4 is 27.5 Å². The standard InChI is InChI=1S/C12H11BrN2O2/c1-7-5-9(13)3-4-11(7)15-12(16)10-6-14-17-8(10)2/h3-6H,1-2H3,(H,15,16). The van der Waals surface area contributed by atoms with Crippen LogP contribution >= 0.6 is 15.9 Å². The largest absolute Gasteiger partial charge is 0.361 e. The summed E-state index contributed by atoms with van der Waals surface area (Å²) in [5.74, 6) is 0.298. The second-order valence-electron chi connectivity index (χ2n) is 3.71. The van der Waals surface area contributed by atoms with Crippen LogP contribution in [0.2, 0.25) is 0 Å². The molecule has 1 aromatic carbocycles. The summed E-state index contributed by atoms with van der Waals surface area (Å²) in [4.78, 5) is 11.9. The van der Waals surface area contributed by atoms with Crippen molar-refractivity contribution in [2.75, 3.05) is 5.32 Å². The maximum Gasteiger partial charge on any atom is 0.260 e. The van der Waals surface area contributed by atoms with Crippen molar-refractivity contribution in [1.29, 1.82) is 0 Å². The molecule has 0 unspecified atom stereocenters. The molecular weight excluding hydrogens is 284 g/mol. The van der Waals surface area contributed by atoms with E-state index in [-0.39, 0.29) is 5.91 Å². The van der Waals surface area contributed by atoms with Crippen LogP contribution in [-0.2, 0) is 0 Å². The van der Waals surface area contributed by atoms with Crippen LogP contribution in [0.4, 0.5) is 5.69 Å². The summed E-state index contributed by atoms with van der Waals surface area (Å²) >= 11 is 3.38. The number of hydrogen-bond donors (Lipinski definition) is 1. The Kier molecular flexibility index (Phi) is 3.28. The van der Waals surface area contributed by atoms with E-state index in [4.69, 9.17) is 4.52 Å². The van der Waals surface area contributed by atoms with Crippen LogP contribution in [0.3, 0.4) is 0 Å². The van der Waals surface area contributed by atoms with Crippen molar-refractivity contribution in [2.45, 2.75) is 13.8 Å². The quantitative estimate of drug-likeness (QED) is 0.924. The van der Waals surface area contributed by atoms with Crippen LogP contribution in [0, 0.1) is 13.8 Å². The third-order valence-corrected chi connectivity index (χ3v) is 2.93. The zero-order valence-corrected chi connectivity index (χ0v) is 11.0. The number of nitrogens with one attached hydrogen (secondary N) is 1. The van der Waals surface area contributed by atoms with Gasteiger partial charge in [-0.15, -0.1) is 0 Å². The Balaban J connectivity index is 2.22. The van der Waals surface area contributed by atoms with Crippen molar-refractivity contribution in [3.63, 3.8) is 0 Å². The predicted molar refractivity (Wildman–Crippen MR) is 68.1 cm³/mol. The average molecular weight is 295 g/mol. The number of anilines is 1. The van der Waals surface area contributed by atoms with E-state index in [0.717, 1.165) is 15.7 Å². The first kappa shape index (κ1) is 11.9. The lowest BCUT2D eigenvalue weighted by molar-refractivity contribution is 0.102. The van der Waals surface area contributed by atoms with Gasteiger partial charge in [0.15, 0.2) is 0 Å². The molecule has 5 heteroatoms. The molecular formula is C12H11BrN2O2. The molecule has 88 valence electrons. The number of rotatable bonds is 2. The van der Waals surface area contributed by atoms with Gasteiger partial charge in [-0.05, 0) is 37.6 Å². The van der Waals surface area contributed by atoms with Gasteiger partial charge in [0.25, 0.3) is 5.91 Å². The molecule has 0 aliphatic carbocycles. The summed E-state index contributed by atoms with van der Waals surface area (Å²) < 4.78 is 5.84. The minimum Gasteiger partial charge on any atom is -0.361 e. The monoisotopic (exact) mass is 294 g/mol. The van der Waals surface area contributed by atoms with Crippen LogP contribution in [0.1, 0.15) is 21.7 Å².